The number of carbonyl (C=O) groups is 2. The highest BCUT2D eigenvalue weighted by Gasteiger charge is 2.63. The van der Waals surface area contributed by atoms with Crippen molar-refractivity contribution in [1.82, 2.24) is 10.6 Å². The predicted octanol–water partition coefficient (Wildman–Crippen LogP) is -5.17. The minimum atomic E-state index is -2.39. The van der Waals surface area contributed by atoms with E-state index in [1.807, 2.05) is 0 Å². The van der Waals surface area contributed by atoms with Gasteiger partial charge < -0.3 is 79.9 Å². The first-order valence-corrected chi connectivity index (χ1v) is 19.0. The van der Waals surface area contributed by atoms with Crippen molar-refractivity contribution in [3.05, 3.63) is 0 Å². The lowest BCUT2D eigenvalue weighted by Crippen LogP contribution is -2.78. The molecule has 4 rings (SSSR count). The SMILES string of the molecule is CC(=O)N[C@@H]1[C@@H]([C@H](O)[C@H](O)CO)O[C@]2(C[C@H]1O)O[C@H]1[C@@H](O)[C@@H](CO)O[C@@H](O[C@@H]3CO[C@@H](OCC[Si](C)(C)C)[C@H](O)[C@H]3O)[C@@H]1NC2=O. The Morgan fingerprint density at radius 2 is 1.78 bits per heavy atom. The molecule has 10 N–H and O–H groups in total. The molecular formula is C27H48N2O16Si. The molecule has 4 fully saturated rings. The van der Waals surface area contributed by atoms with Crippen LogP contribution in [-0.2, 0) is 38.0 Å². The molecule has 0 saturated carbocycles. The molecule has 0 radical (unpaired) electrons. The van der Waals surface area contributed by atoms with E-state index in [9.17, 15) is 50.4 Å². The number of morpholine rings is 1. The first kappa shape index (κ1) is 37.4. The minimum Gasteiger partial charge on any atom is -0.394 e. The number of fused-ring (bicyclic) bond motifs is 1. The normalized spacial score (nSPS) is 43.0. The summed E-state index contributed by atoms with van der Waals surface area (Å²) in [5, 5.41) is 88.7. The summed E-state index contributed by atoms with van der Waals surface area (Å²) < 4.78 is 34.7. The molecule has 266 valence electrons. The quantitative estimate of drug-likeness (QED) is 0.0911. The summed E-state index contributed by atoms with van der Waals surface area (Å²) in [6.45, 7) is 6.04. The summed E-state index contributed by atoms with van der Waals surface area (Å²) in [5.74, 6) is -4.01. The maximum absolute atomic E-state index is 13.6. The fraction of sp³-hybridized carbons (Fsp3) is 0.926. The van der Waals surface area contributed by atoms with Gasteiger partial charge in [0, 0.05) is 28.0 Å². The molecule has 0 aliphatic carbocycles. The Morgan fingerprint density at radius 1 is 1.09 bits per heavy atom. The minimum absolute atomic E-state index is 0.245. The van der Waals surface area contributed by atoms with Crippen LogP contribution in [0, 0.1) is 0 Å². The third-order valence-electron chi connectivity index (χ3n) is 8.56. The molecule has 4 saturated heterocycles. The van der Waals surface area contributed by atoms with Crippen molar-refractivity contribution in [2.75, 3.05) is 26.4 Å². The van der Waals surface area contributed by atoms with Crippen molar-refractivity contribution in [3.8, 4) is 0 Å². The van der Waals surface area contributed by atoms with Gasteiger partial charge in [0.25, 0.3) is 11.7 Å². The summed E-state index contributed by atoms with van der Waals surface area (Å²) in [6, 6.07) is -1.82. The molecule has 0 unspecified atom stereocenters. The number of hydrogen-bond donors (Lipinski definition) is 10. The second-order valence-corrected chi connectivity index (χ2v) is 19.0. The summed E-state index contributed by atoms with van der Waals surface area (Å²) in [6.07, 6.45) is -18.7. The van der Waals surface area contributed by atoms with Crippen LogP contribution in [0.25, 0.3) is 0 Å². The monoisotopic (exact) mass is 684 g/mol. The van der Waals surface area contributed by atoms with Gasteiger partial charge in [-0.25, -0.2) is 0 Å². The zero-order valence-electron chi connectivity index (χ0n) is 26.2. The first-order chi connectivity index (χ1) is 21.5. The van der Waals surface area contributed by atoms with E-state index in [4.69, 9.17) is 28.4 Å². The summed E-state index contributed by atoms with van der Waals surface area (Å²) in [7, 11) is -1.43. The number of nitrogens with one attached hydrogen (secondary N) is 2. The second-order valence-electron chi connectivity index (χ2n) is 13.4. The maximum atomic E-state index is 13.6. The Kier molecular flexibility index (Phi) is 12.2. The lowest BCUT2D eigenvalue weighted by atomic mass is 9.86. The fourth-order valence-corrected chi connectivity index (χ4v) is 6.64. The van der Waals surface area contributed by atoms with E-state index in [1.165, 1.54) is 0 Å². The van der Waals surface area contributed by atoms with E-state index in [0.717, 1.165) is 13.0 Å². The van der Waals surface area contributed by atoms with Crippen molar-refractivity contribution in [1.29, 1.82) is 0 Å². The average molecular weight is 685 g/mol. The van der Waals surface area contributed by atoms with Crippen molar-refractivity contribution in [3.63, 3.8) is 0 Å². The Hall–Kier alpha value is -1.40. The predicted molar refractivity (Wildman–Crippen MR) is 154 cm³/mol. The van der Waals surface area contributed by atoms with E-state index in [-0.39, 0.29) is 6.61 Å². The van der Waals surface area contributed by atoms with Crippen LogP contribution in [0.5, 0.6) is 0 Å². The molecular weight excluding hydrogens is 636 g/mol. The Bertz CT molecular complexity index is 1050. The van der Waals surface area contributed by atoms with Crippen molar-refractivity contribution in [2.45, 2.75) is 131 Å². The van der Waals surface area contributed by atoms with Crippen LogP contribution in [-0.4, -0.2) is 179 Å². The van der Waals surface area contributed by atoms with Gasteiger partial charge in [-0.15, -0.1) is 0 Å². The molecule has 46 heavy (non-hydrogen) atoms. The number of ether oxygens (including phenoxy) is 6. The van der Waals surface area contributed by atoms with Crippen LogP contribution >= 0.6 is 0 Å². The highest BCUT2D eigenvalue weighted by atomic mass is 28.3. The van der Waals surface area contributed by atoms with Gasteiger partial charge in [-0.3, -0.25) is 9.59 Å². The summed E-state index contributed by atoms with van der Waals surface area (Å²) in [4.78, 5) is 25.4. The van der Waals surface area contributed by atoms with E-state index in [2.05, 4.69) is 30.3 Å². The third kappa shape index (κ3) is 8.07. The molecule has 1 spiro atoms. The maximum Gasteiger partial charge on any atom is 0.280 e. The molecule has 0 aromatic rings. The highest BCUT2D eigenvalue weighted by molar-refractivity contribution is 6.76. The topological polar surface area (TPSA) is 275 Å². The molecule has 4 heterocycles. The van der Waals surface area contributed by atoms with Gasteiger partial charge in [-0.05, 0) is 6.04 Å². The van der Waals surface area contributed by atoms with Gasteiger partial charge in [0.05, 0.1) is 32.0 Å². The van der Waals surface area contributed by atoms with Crippen molar-refractivity contribution >= 4 is 19.9 Å². The smallest absolute Gasteiger partial charge is 0.280 e. The molecule has 18 nitrogen and oxygen atoms in total. The van der Waals surface area contributed by atoms with Crippen LogP contribution in [0.4, 0.5) is 0 Å². The van der Waals surface area contributed by atoms with Gasteiger partial charge in [0.1, 0.15) is 61.0 Å². The van der Waals surface area contributed by atoms with Gasteiger partial charge in [-0.2, -0.15) is 0 Å². The first-order valence-electron chi connectivity index (χ1n) is 15.3. The lowest BCUT2D eigenvalue weighted by Gasteiger charge is -2.55. The Balaban J connectivity index is 1.52. The van der Waals surface area contributed by atoms with Crippen LogP contribution < -0.4 is 10.6 Å². The van der Waals surface area contributed by atoms with Crippen LogP contribution in [0.3, 0.4) is 0 Å². The van der Waals surface area contributed by atoms with Crippen molar-refractivity contribution in [2.24, 2.45) is 0 Å². The van der Waals surface area contributed by atoms with Gasteiger partial charge in [-0.1, -0.05) is 19.6 Å². The van der Waals surface area contributed by atoms with Crippen LogP contribution in [0.15, 0.2) is 0 Å². The van der Waals surface area contributed by atoms with E-state index in [0.29, 0.717) is 6.61 Å². The Labute approximate surface area is 266 Å². The third-order valence-corrected chi connectivity index (χ3v) is 10.3. The van der Waals surface area contributed by atoms with E-state index >= 15 is 0 Å². The van der Waals surface area contributed by atoms with Gasteiger partial charge in [0.2, 0.25) is 5.91 Å². The van der Waals surface area contributed by atoms with E-state index < -0.39 is 131 Å². The molecule has 0 aromatic heterocycles. The largest absolute Gasteiger partial charge is 0.394 e. The number of carbonyl (C=O) groups excluding carboxylic acids is 2. The number of rotatable bonds is 11. The average Bonchev–Trinajstić information content (AvgIpc) is 2.98. The number of aliphatic hydroxyl groups is 8. The number of hydrogen-bond acceptors (Lipinski definition) is 16. The molecule has 15 atom stereocenters. The van der Waals surface area contributed by atoms with Gasteiger partial charge in [0.15, 0.2) is 12.6 Å². The molecule has 2 amide bonds. The van der Waals surface area contributed by atoms with Crippen LogP contribution in [0.2, 0.25) is 25.7 Å². The highest BCUT2D eigenvalue weighted by Crippen LogP contribution is 2.40. The molecule has 4 aliphatic rings. The number of amides is 2. The van der Waals surface area contributed by atoms with Gasteiger partial charge >= 0.3 is 0 Å². The fourth-order valence-electron chi connectivity index (χ4n) is 5.91. The molecule has 4 aliphatic heterocycles. The summed E-state index contributed by atoms with van der Waals surface area (Å²) in [5.41, 5.74) is 0. The zero-order chi connectivity index (χ0) is 34.1. The zero-order valence-corrected chi connectivity index (χ0v) is 27.2. The number of aliphatic hydroxyl groups excluding tert-OH is 8. The second kappa shape index (κ2) is 15.0. The molecule has 0 aromatic carbocycles. The Morgan fingerprint density at radius 3 is 2.39 bits per heavy atom. The standard InChI is InChI=1S/C27H48N2O16Si/c1-11(32)28-16-12(33)7-27(44-22(16)18(35)13(34)8-30)26(39)29-17-23(45-27)20(37)14(9-31)42-24(17)43-15-10-41-25(21(38)19(15)36)40-5-6-46(2,3)4/h12-25,30-31,33-38H,5-10H2,1-4H3,(H,28,32)(H,29,39)/t12-,13-,14-,15-,16+,17-,18-,19+,20+,21-,22+,23-,24+,25-,27-/m1/s1. The van der Waals surface area contributed by atoms with Crippen molar-refractivity contribution < 1.29 is 78.9 Å². The summed E-state index contributed by atoms with van der Waals surface area (Å²) >= 11 is 0. The molecule has 0 bridgehead atoms. The van der Waals surface area contributed by atoms with Crippen LogP contribution in [0.1, 0.15) is 13.3 Å². The lowest BCUT2D eigenvalue weighted by molar-refractivity contribution is -0.373. The van der Waals surface area contributed by atoms with E-state index in [1.54, 1.807) is 0 Å². The molecule has 19 heteroatoms.